The average Bonchev–Trinajstić information content (AvgIpc) is 2.60. The molecule has 1 aliphatic carbocycles. The van der Waals surface area contributed by atoms with Crippen LogP contribution in [0.3, 0.4) is 0 Å². The van der Waals surface area contributed by atoms with Crippen molar-refractivity contribution in [1.29, 1.82) is 0 Å². The van der Waals surface area contributed by atoms with Gasteiger partial charge in [-0.25, -0.2) is 0 Å². The summed E-state index contributed by atoms with van der Waals surface area (Å²) < 4.78 is 2.26. The molecule has 4 heteroatoms. The largest absolute Gasteiger partial charge is 0.305 e. The molecular formula is C10H11Br2NS. The summed E-state index contributed by atoms with van der Waals surface area (Å²) in [6, 6.07) is 2.75. The second-order valence-electron chi connectivity index (χ2n) is 3.42. The zero-order valence-corrected chi connectivity index (χ0v) is 11.6. The molecule has 0 aromatic carbocycles. The Labute approximate surface area is 105 Å². The highest BCUT2D eigenvalue weighted by Gasteiger charge is 2.24. The van der Waals surface area contributed by atoms with Gasteiger partial charge >= 0.3 is 0 Å². The van der Waals surface area contributed by atoms with Crippen molar-refractivity contribution in [2.24, 2.45) is 0 Å². The van der Waals surface area contributed by atoms with Crippen LogP contribution in [-0.4, -0.2) is 6.54 Å². The first-order valence-electron chi connectivity index (χ1n) is 4.51. The Morgan fingerprint density at radius 3 is 3.21 bits per heavy atom. The van der Waals surface area contributed by atoms with E-state index in [0.717, 1.165) is 11.0 Å². The highest BCUT2D eigenvalue weighted by Crippen LogP contribution is 2.39. The molecule has 14 heavy (non-hydrogen) atoms. The van der Waals surface area contributed by atoms with E-state index in [4.69, 9.17) is 0 Å². The van der Waals surface area contributed by atoms with Gasteiger partial charge in [0, 0.05) is 21.9 Å². The van der Waals surface area contributed by atoms with Crippen LogP contribution in [0.2, 0.25) is 0 Å². The lowest BCUT2D eigenvalue weighted by Crippen LogP contribution is -2.19. The zero-order chi connectivity index (χ0) is 10.1. The van der Waals surface area contributed by atoms with Crippen molar-refractivity contribution in [2.75, 3.05) is 6.54 Å². The fraction of sp³-hybridized carbons (Fsp3) is 0.400. The van der Waals surface area contributed by atoms with Crippen molar-refractivity contribution >= 4 is 43.2 Å². The number of hydrogen-bond acceptors (Lipinski definition) is 2. The van der Waals surface area contributed by atoms with Gasteiger partial charge < -0.3 is 5.32 Å². The van der Waals surface area contributed by atoms with Gasteiger partial charge in [-0.3, -0.25) is 0 Å². The lowest BCUT2D eigenvalue weighted by atomic mass is 10.2. The smallest absolute Gasteiger partial charge is 0.0704 e. The number of aryl methyl sites for hydroxylation is 1. The Morgan fingerprint density at radius 2 is 2.50 bits per heavy atom. The van der Waals surface area contributed by atoms with Gasteiger partial charge in [0.1, 0.15) is 0 Å². The second kappa shape index (κ2) is 4.47. The van der Waals surface area contributed by atoms with E-state index < -0.39 is 0 Å². The van der Waals surface area contributed by atoms with Crippen LogP contribution in [0.5, 0.6) is 0 Å². The maximum atomic E-state index is 3.82. The third kappa shape index (κ3) is 2.30. The lowest BCUT2D eigenvalue weighted by molar-refractivity contribution is 0.562. The van der Waals surface area contributed by atoms with Crippen LogP contribution in [-0.2, 0) is 6.42 Å². The standard InChI is InChI=1S/C10H11Br2NS/c1-6(11)5-13-8-2-3-9-7(8)4-10(12)14-9/h4,8,13H,1-3,5H2. The zero-order valence-electron chi connectivity index (χ0n) is 7.65. The molecule has 1 heterocycles. The molecule has 0 radical (unpaired) electrons. The SMILES string of the molecule is C=C(Br)CNC1CCc2sc(Br)cc21. The minimum atomic E-state index is 0.516. The van der Waals surface area contributed by atoms with Gasteiger partial charge in [0.2, 0.25) is 0 Å². The number of halogens is 2. The van der Waals surface area contributed by atoms with Crippen LogP contribution in [0, 0.1) is 0 Å². The molecule has 1 N–H and O–H groups in total. The molecule has 1 aromatic heterocycles. The summed E-state index contributed by atoms with van der Waals surface area (Å²) in [7, 11) is 0. The number of nitrogens with one attached hydrogen (secondary N) is 1. The maximum Gasteiger partial charge on any atom is 0.0704 e. The molecule has 1 aromatic rings. The summed E-state index contributed by atoms with van der Waals surface area (Å²) in [6.45, 7) is 4.67. The van der Waals surface area contributed by atoms with Gasteiger partial charge in [-0.1, -0.05) is 22.5 Å². The molecule has 0 fully saturated rings. The predicted molar refractivity (Wildman–Crippen MR) is 69.2 cm³/mol. The molecule has 0 aliphatic heterocycles. The van der Waals surface area contributed by atoms with E-state index in [-0.39, 0.29) is 0 Å². The summed E-state index contributed by atoms with van der Waals surface area (Å²) in [5.41, 5.74) is 1.47. The Morgan fingerprint density at radius 1 is 1.71 bits per heavy atom. The highest BCUT2D eigenvalue weighted by molar-refractivity contribution is 9.11. The predicted octanol–water partition coefficient (Wildman–Crippen LogP) is 4.00. The van der Waals surface area contributed by atoms with E-state index >= 15 is 0 Å². The first-order chi connectivity index (χ1) is 6.66. The molecule has 0 spiro atoms. The molecule has 1 nitrogen and oxygen atoms in total. The number of fused-ring (bicyclic) bond motifs is 1. The molecule has 0 amide bonds. The molecule has 0 saturated heterocycles. The van der Waals surface area contributed by atoms with Crippen molar-refractivity contribution in [2.45, 2.75) is 18.9 Å². The topological polar surface area (TPSA) is 12.0 Å². The summed E-state index contributed by atoms with van der Waals surface area (Å²) in [5, 5.41) is 3.49. The van der Waals surface area contributed by atoms with Crippen LogP contribution in [0.15, 0.2) is 20.9 Å². The van der Waals surface area contributed by atoms with Crippen LogP contribution >= 0.6 is 43.2 Å². The first-order valence-corrected chi connectivity index (χ1v) is 6.92. The van der Waals surface area contributed by atoms with Gasteiger partial charge in [0.05, 0.1) is 3.79 Å². The molecule has 1 aliphatic rings. The van der Waals surface area contributed by atoms with Crippen molar-refractivity contribution in [3.05, 3.63) is 31.4 Å². The van der Waals surface area contributed by atoms with Gasteiger partial charge in [-0.05, 0) is 40.4 Å². The third-order valence-corrected chi connectivity index (χ3v) is 4.38. The van der Waals surface area contributed by atoms with Crippen molar-refractivity contribution < 1.29 is 0 Å². The number of thiophene rings is 1. The highest BCUT2D eigenvalue weighted by atomic mass is 79.9. The summed E-state index contributed by atoms with van der Waals surface area (Å²) >= 11 is 8.75. The van der Waals surface area contributed by atoms with E-state index in [1.54, 1.807) is 0 Å². The molecule has 0 saturated carbocycles. The quantitative estimate of drug-likeness (QED) is 0.879. The maximum absolute atomic E-state index is 3.82. The molecule has 1 unspecified atom stereocenters. The van der Waals surface area contributed by atoms with Gasteiger partial charge in [0.15, 0.2) is 0 Å². The van der Waals surface area contributed by atoms with E-state index in [1.165, 1.54) is 27.1 Å². The van der Waals surface area contributed by atoms with Crippen LogP contribution < -0.4 is 5.32 Å². The Balaban J connectivity index is 2.06. The summed E-state index contributed by atoms with van der Waals surface area (Å²) in [5.74, 6) is 0. The minimum Gasteiger partial charge on any atom is -0.305 e. The van der Waals surface area contributed by atoms with E-state index in [1.807, 2.05) is 11.3 Å². The average molecular weight is 337 g/mol. The lowest BCUT2D eigenvalue weighted by Gasteiger charge is -2.11. The fourth-order valence-electron chi connectivity index (χ4n) is 1.78. The van der Waals surface area contributed by atoms with E-state index in [0.29, 0.717) is 6.04 Å². The molecule has 2 rings (SSSR count). The van der Waals surface area contributed by atoms with Gasteiger partial charge in [0.25, 0.3) is 0 Å². The van der Waals surface area contributed by atoms with Crippen LogP contribution in [0.1, 0.15) is 22.9 Å². The Kier molecular flexibility index (Phi) is 3.47. The number of hydrogen-bond donors (Lipinski definition) is 1. The van der Waals surface area contributed by atoms with Crippen LogP contribution in [0.25, 0.3) is 0 Å². The normalized spacial score (nSPS) is 19.7. The summed E-state index contributed by atoms with van der Waals surface area (Å²) in [6.07, 6.45) is 2.42. The molecule has 1 atom stereocenters. The van der Waals surface area contributed by atoms with E-state index in [9.17, 15) is 0 Å². The fourth-order valence-corrected chi connectivity index (χ4v) is 3.73. The van der Waals surface area contributed by atoms with Gasteiger partial charge in [-0.2, -0.15) is 0 Å². The second-order valence-corrected chi connectivity index (χ2v) is 7.06. The third-order valence-electron chi connectivity index (χ3n) is 2.39. The molecule has 76 valence electrons. The van der Waals surface area contributed by atoms with Crippen molar-refractivity contribution in [3.63, 3.8) is 0 Å². The first kappa shape index (κ1) is 10.9. The summed E-state index contributed by atoms with van der Waals surface area (Å²) in [4.78, 5) is 1.52. The monoisotopic (exact) mass is 335 g/mol. The Bertz CT molecular complexity index is 359. The van der Waals surface area contributed by atoms with Crippen molar-refractivity contribution in [1.82, 2.24) is 5.32 Å². The van der Waals surface area contributed by atoms with E-state index in [2.05, 4.69) is 49.8 Å². The Hall–Kier alpha value is 0.360. The molecular weight excluding hydrogens is 326 g/mol. The van der Waals surface area contributed by atoms with Crippen molar-refractivity contribution in [3.8, 4) is 0 Å². The molecule has 0 bridgehead atoms. The minimum absolute atomic E-state index is 0.516. The number of rotatable bonds is 3. The van der Waals surface area contributed by atoms with Crippen LogP contribution in [0.4, 0.5) is 0 Å². The van der Waals surface area contributed by atoms with Gasteiger partial charge in [-0.15, -0.1) is 11.3 Å².